The minimum atomic E-state index is -1.06. The molecular weight excluding hydrogens is 371 g/mol. The standard InChI is InChI=1S/C14H19IN2O3/c1-4-14(3,5-2)17-13(20)16-11-7-6-9(15)8-10(11)12(18)19/h6-8H,4-5H2,1-3H3,(H,18,19)(H2,16,17,20). The molecule has 0 bridgehead atoms. The first-order valence-corrected chi connectivity index (χ1v) is 7.51. The number of amides is 2. The molecule has 110 valence electrons. The number of carboxylic acids is 1. The number of aromatic carboxylic acids is 1. The lowest BCUT2D eigenvalue weighted by Gasteiger charge is -2.28. The molecule has 5 nitrogen and oxygen atoms in total. The zero-order chi connectivity index (χ0) is 15.3. The first kappa shape index (κ1) is 16.7. The number of halogens is 1. The van der Waals surface area contributed by atoms with Crippen LogP contribution in [0.2, 0.25) is 0 Å². The predicted octanol–water partition coefficient (Wildman–Crippen LogP) is 3.69. The zero-order valence-corrected chi connectivity index (χ0v) is 13.9. The summed E-state index contributed by atoms with van der Waals surface area (Å²) in [5, 5.41) is 14.6. The lowest BCUT2D eigenvalue weighted by atomic mass is 9.96. The van der Waals surface area contributed by atoms with Gasteiger partial charge in [0, 0.05) is 9.11 Å². The first-order chi connectivity index (χ1) is 9.31. The van der Waals surface area contributed by atoms with E-state index in [2.05, 4.69) is 10.6 Å². The molecule has 0 radical (unpaired) electrons. The number of carboxylic acid groups (broad SMARTS) is 1. The van der Waals surface area contributed by atoms with Crippen LogP contribution in [-0.4, -0.2) is 22.6 Å². The zero-order valence-electron chi connectivity index (χ0n) is 11.8. The van der Waals surface area contributed by atoms with Crippen LogP contribution in [0, 0.1) is 3.57 Å². The van der Waals surface area contributed by atoms with Gasteiger partial charge in [0.25, 0.3) is 0 Å². The molecule has 1 aromatic rings. The molecule has 0 aliphatic carbocycles. The molecule has 0 aliphatic rings. The van der Waals surface area contributed by atoms with Gasteiger partial charge in [-0.05, 0) is 60.6 Å². The minimum Gasteiger partial charge on any atom is -0.478 e. The first-order valence-electron chi connectivity index (χ1n) is 6.43. The van der Waals surface area contributed by atoms with Crippen molar-refractivity contribution in [3.05, 3.63) is 27.3 Å². The van der Waals surface area contributed by atoms with E-state index in [9.17, 15) is 9.59 Å². The Bertz CT molecular complexity index is 513. The highest BCUT2D eigenvalue weighted by Gasteiger charge is 2.22. The van der Waals surface area contributed by atoms with Crippen LogP contribution in [0.15, 0.2) is 18.2 Å². The summed E-state index contributed by atoms with van der Waals surface area (Å²) in [6.07, 6.45) is 1.60. The summed E-state index contributed by atoms with van der Waals surface area (Å²) in [5.74, 6) is -1.06. The number of carbonyl (C=O) groups excluding carboxylic acids is 1. The molecule has 1 rings (SSSR count). The van der Waals surface area contributed by atoms with E-state index in [0.717, 1.165) is 16.4 Å². The molecule has 0 saturated carbocycles. The maximum absolute atomic E-state index is 12.0. The van der Waals surface area contributed by atoms with Gasteiger partial charge in [0.05, 0.1) is 11.3 Å². The molecule has 0 unspecified atom stereocenters. The van der Waals surface area contributed by atoms with Crippen LogP contribution in [0.5, 0.6) is 0 Å². The summed E-state index contributed by atoms with van der Waals surface area (Å²) in [5.41, 5.74) is 0.0863. The van der Waals surface area contributed by atoms with Gasteiger partial charge in [-0.2, -0.15) is 0 Å². The van der Waals surface area contributed by atoms with Crippen LogP contribution < -0.4 is 10.6 Å². The summed E-state index contributed by atoms with van der Waals surface area (Å²) in [6, 6.07) is 4.48. The van der Waals surface area contributed by atoms with Crippen molar-refractivity contribution in [1.29, 1.82) is 0 Å². The molecule has 20 heavy (non-hydrogen) atoms. The molecule has 0 fully saturated rings. The van der Waals surface area contributed by atoms with Crippen LogP contribution >= 0.6 is 22.6 Å². The Balaban J connectivity index is 2.89. The number of carbonyl (C=O) groups is 2. The number of hydrogen-bond acceptors (Lipinski definition) is 2. The van der Waals surface area contributed by atoms with Gasteiger partial charge < -0.3 is 15.7 Å². The van der Waals surface area contributed by atoms with Crippen molar-refractivity contribution in [2.24, 2.45) is 0 Å². The number of anilines is 1. The monoisotopic (exact) mass is 390 g/mol. The third-order valence-corrected chi connectivity index (χ3v) is 4.11. The SMILES string of the molecule is CCC(C)(CC)NC(=O)Nc1ccc(I)cc1C(=O)O. The molecule has 0 aromatic heterocycles. The molecule has 3 N–H and O–H groups in total. The number of nitrogens with one attached hydrogen (secondary N) is 2. The Hall–Kier alpha value is -1.31. The number of urea groups is 1. The largest absolute Gasteiger partial charge is 0.478 e. The maximum Gasteiger partial charge on any atom is 0.337 e. The molecule has 0 heterocycles. The van der Waals surface area contributed by atoms with Crippen molar-refractivity contribution in [2.75, 3.05) is 5.32 Å². The van der Waals surface area contributed by atoms with E-state index < -0.39 is 5.97 Å². The van der Waals surface area contributed by atoms with E-state index in [1.165, 1.54) is 6.07 Å². The number of hydrogen-bond donors (Lipinski definition) is 3. The van der Waals surface area contributed by atoms with E-state index in [0.29, 0.717) is 5.69 Å². The Labute approximate surface area is 132 Å². The summed E-state index contributed by atoms with van der Waals surface area (Å²) < 4.78 is 0.804. The van der Waals surface area contributed by atoms with Crippen LogP contribution in [0.4, 0.5) is 10.5 Å². The second-order valence-corrected chi connectivity index (χ2v) is 6.09. The molecular formula is C14H19IN2O3. The second kappa shape index (κ2) is 6.92. The van der Waals surface area contributed by atoms with Crippen LogP contribution in [0.1, 0.15) is 44.0 Å². The lowest BCUT2D eigenvalue weighted by molar-refractivity contribution is 0.0698. The van der Waals surface area contributed by atoms with Crippen molar-refractivity contribution in [1.82, 2.24) is 5.32 Å². The van der Waals surface area contributed by atoms with Gasteiger partial charge in [-0.3, -0.25) is 0 Å². The average Bonchev–Trinajstić information content (AvgIpc) is 2.40. The maximum atomic E-state index is 12.0. The van der Waals surface area contributed by atoms with Gasteiger partial charge in [-0.15, -0.1) is 0 Å². The molecule has 0 spiro atoms. The number of benzene rings is 1. The molecule has 0 aliphatic heterocycles. The van der Waals surface area contributed by atoms with Gasteiger partial charge >= 0.3 is 12.0 Å². The smallest absolute Gasteiger partial charge is 0.337 e. The van der Waals surface area contributed by atoms with E-state index in [1.807, 2.05) is 43.4 Å². The highest BCUT2D eigenvalue weighted by Crippen LogP contribution is 2.20. The highest BCUT2D eigenvalue weighted by atomic mass is 127. The van der Waals surface area contributed by atoms with Gasteiger partial charge in [0.2, 0.25) is 0 Å². The molecule has 6 heteroatoms. The van der Waals surface area contributed by atoms with E-state index >= 15 is 0 Å². The Morgan fingerprint density at radius 3 is 2.40 bits per heavy atom. The topological polar surface area (TPSA) is 78.4 Å². The van der Waals surface area contributed by atoms with Gasteiger partial charge in [0.1, 0.15) is 0 Å². The summed E-state index contributed by atoms with van der Waals surface area (Å²) in [4.78, 5) is 23.2. The van der Waals surface area contributed by atoms with E-state index in [-0.39, 0.29) is 17.1 Å². The fourth-order valence-electron chi connectivity index (χ4n) is 1.66. The number of rotatable bonds is 5. The Morgan fingerprint density at radius 1 is 1.30 bits per heavy atom. The Morgan fingerprint density at radius 2 is 1.90 bits per heavy atom. The third kappa shape index (κ3) is 4.36. The van der Waals surface area contributed by atoms with Crippen LogP contribution in [0.25, 0.3) is 0 Å². The second-order valence-electron chi connectivity index (χ2n) is 4.84. The van der Waals surface area contributed by atoms with E-state index in [1.54, 1.807) is 12.1 Å². The summed E-state index contributed by atoms with van der Waals surface area (Å²) in [6.45, 7) is 5.95. The van der Waals surface area contributed by atoms with Crippen LogP contribution in [-0.2, 0) is 0 Å². The normalized spacial score (nSPS) is 11.0. The quantitative estimate of drug-likeness (QED) is 0.671. The predicted molar refractivity (Wildman–Crippen MR) is 87.3 cm³/mol. The van der Waals surface area contributed by atoms with Crippen LogP contribution in [0.3, 0.4) is 0 Å². The van der Waals surface area contributed by atoms with Crippen molar-refractivity contribution < 1.29 is 14.7 Å². The lowest BCUT2D eigenvalue weighted by Crippen LogP contribution is -2.47. The van der Waals surface area contributed by atoms with Gasteiger partial charge in [-0.1, -0.05) is 13.8 Å². The molecule has 2 amide bonds. The minimum absolute atomic E-state index is 0.0850. The summed E-state index contributed by atoms with van der Waals surface area (Å²) in [7, 11) is 0. The molecule has 0 atom stereocenters. The van der Waals surface area contributed by atoms with Crippen molar-refractivity contribution in [2.45, 2.75) is 39.2 Å². The van der Waals surface area contributed by atoms with Crippen molar-refractivity contribution in [3.63, 3.8) is 0 Å². The fourth-order valence-corrected chi connectivity index (χ4v) is 2.15. The van der Waals surface area contributed by atoms with Crippen molar-refractivity contribution in [3.8, 4) is 0 Å². The third-order valence-electron chi connectivity index (χ3n) is 3.44. The highest BCUT2D eigenvalue weighted by molar-refractivity contribution is 14.1. The van der Waals surface area contributed by atoms with E-state index in [4.69, 9.17) is 5.11 Å². The Kier molecular flexibility index (Phi) is 5.79. The molecule has 1 aromatic carbocycles. The summed E-state index contributed by atoms with van der Waals surface area (Å²) >= 11 is 2.03. The average molecular weight is 390 g/mol. The fraction of sp³-hybridized carbons (Fsp3) is 0.429. The van der Waals surface area contributed by atoms with Crippen molar-refractivity contribution >= 4 is 40.3 Å². The van der Waals surface area contributed by atoms with Gasteiger partial charge in [0.15, 0.2) is 0 Å². The molecule has 0 saturated heterocycles. The van der Waals surface area contributed by atoms with Gasteiger partial charge in [-0.25, -0.2) is 9.59 Å².